The van der Waals surface area contributed by atoms with E-state index in [2.05, 4.69) is 10.2 Å². The summed E-state index contributed by atoms with van der Waals surface area (Å²) in [5, 5.41) is 2.88. The molecule has 1 saturated heterocycles. The molecule has 0 aromatic heterocycles. The van der Waals surface area contributed by atoms with Crippen molar-refractivity contribution in [2.24, 2.45) is 5.41 Å². The second-order valence-electron chi connectivity index (χ2n) is 8.29. The van der Waals surface area contributed by atoms with Crippen LogP contribution in [0.5, 0.6) is 0 Å². The minimum atomic E-state index is -4.68. The number of benzene rings is 1. The zero-order valence-corrected chi connectivity index (χ0v) is 16.1. The van der Waals surface area contributed by atoms with E-state index in [1.807, 2.05) is 0 Å². The van der Waals surface area contributed by atoms with Gasteiger partial charge in [-0.1, -0.05) is 6.07 Å². The number of likely N-dealkylation sites (tertiary alicyclic amines) is 1. The number of alkyl halides is 3. The summed E-state index contributed by atoms with van der Waals surface area (Å²) in [6.07, 6.45) is -1.52. The highest BCUT2D eigenvalue weighted by molar-refractivity contribution is 5.68. The Labute approximate surface area is 162 Å². The van der Waals surface area contributed by atoms with Crippen LogP contribution in [-0.4, -0.2) is 36.2 Å². The topological polar surface area (TPSA) is 41.6 Å². The average Bonchev–Trinajstić information content (AvgIpc) is 2.55. The molecule has 8 heteroatoms. The van der Waals surface area contributed by atoms with Crippen LogP contribution in [0, 0.1) is 11.2 Å². The highest BCUT2D eigenvalue weighted by Crippen LogP contribution is 2.49. The molecule has 1 heterocycles. The summed E-state index contributed by atoms with van der Waals surface area (Å²) in [6.45, 7) is 5.54. The van der Waals surface area contributed by atoms with Crippen LogP contribution in [0.2, 0.25) is 0 Å². The van der Waals surface area contributed by atoms with Crippen LogP contribution >= 0.6 is 0 Å². The van der Waals surface area contributed by atoms with E-state index >= 15 is 0 Å². The van der Waals surface area contributed by atoms with Crippen LogP contribution in [0.4, 0.5) is 22.4 Å². The van der Waals surface area contributed by atoms with Gasteiger partial charge in [-0.3, -0.25) is 4.90 Å². The summed E-state index contributed by atoms with van der Waals surface area (Å²) in [4.78, 5) is 13.8. The van der Waals surface area contributed by atoms with Gasteiger partial charge in [0.25, 0.3) is 0 Å². The number of halogens is 4. The maximum absolute atomic E-state index is 13.4. The fraction of sp³-hybridized carbons (Fsp3) is 0.650. The van der Waals surface area contributed by atoms with E-state index in [1.165, 1.54) is 6.07 Å². The van der Waals surface area contributed by atoms with Gasteiger partial charge in [0.1, 0.15) is 5.82 Å². The molecule has 0 atom stereocenters. The first-order valence-electron chi connectivity index (χ1n) is 9.61. The van der Waals surface area contributed by atoms with E-state index in [4.69, 9.17) is 4.74 Å². The smallest absolute Gasteiger partial charge is 0.419 e. The lowest BCUT2D eigenvalue weighted by molar-refractivity contribution is -0.140. The first-order valence-corrected chi connectivity index (χ1v) is 9.61. The number of nitrogens with zero attached hydrogens (tertiary/aromatic N) is 1. The average molecular weight is 402 g/mol. The molecule has 1 saturated carbocycles. The van der Waals surface area contributed by atoms with Crippen molar-refractivity contribution in [3.63, 3.8) is 0 Å². The Kier molecular flexibility index (Phi) is 5.89. The van der Waals surface area contributed by atoms with E-state index in [0.29, 0.717) is 12.1 Å². The van der Waals surface area contributed by atoms with Gasteiger partial charge in [-0.15, -0.1) is 0 Å². The number of alkyl carbamates (subject to hydrolysis) is 1. The highest BCUT2D eigenvalue weighted by Gasteiger charge is 2.46. The van der Waals surface area contributed by atoms with Crippen molar-refractivity contribution in [3.8, 4) is 0 Å². The Morgan fingerprint density at radius 1 is 1.29 bits per heavy atom. The van der Waals surface area contributed by atoms with Crippen molar-refractivity contribution < 1.29 is 27.1 Å². The first kappa shape index (κ1) is 20.9. The molecule has 2 aliphatic rings. The van der Waals surface area contributed by atoms with Crippen LogP contribution in [0.1, 0.15) is 50.7 Å². The lowest BCUT2D eigenvalue weighted by atomic mass is 9.60. The Hall–Kier alpha value is -1.83. The summed E-state index contributed by atoms with van der Waals surface area (Å²) in [5.41, 5.74) is -0.541. The normalized spacial score (nSPS) is 20.2. The fourth-order valence-corrected chi connectivity index (χ4v) is 4.24. The third-order valence-electron chi connectivity index (χ3n) is 5.68. The lowest BCUT2D eigenvalue weighted by Gasteiger charge is -2.52. The highest BCUT2D eigenvalue weighted by atomic mass is 19.4. The van der Waals surface area contributed by atoms with Gasteiger partial charge in [-0.05, 0) is 75.7 Å². The number of piperidine rings is 1. The fourth-order valence-electron chi connectivity index (χ4n) is 4.24. The van der Waals surface area contributed by atoms with Gasteiger partial charge in [0, 0.05) is 12.6 Å². The number of nitrogens with one attached hydrogen (secondary N) is 1. The van der Waals surface area contributed by atoms with Gasteiger partial charge >= 0.3 is 12.3 Å². The lowest BCUT2D eigenvalue weighted by Crippen LogP contribution is -2.55. The van der Waals surface area contributed by atoms with Gasteiger partial charge in [-0.2, -0.15) is 13.2 Å². The van der Waals surface area contributed by atoms with E-state index in [9.17, 15) is 22.4 Å². The number of hydrogen-bond donors (Lipinski definition) is 1. The molecular weight excluding hydrogens is 376 g/mol. The minimum Gasteiger partial charge on any atom is -0.447 e. The third-order valence-corrected chi connectivity index (χ3v) is 5.68. The van der Waals surface area contributed by atoms with E-state index in [0.717, 1.165) is 50.9 Å². The summed E-state index contributed by atoms with van der Waals surface area (Å²) in [7, 11) is 0. The Balaban J connectivity index is 1.47. The van der Waals surface area contributed by atoms with Gasteiger partial charge < -0.3 is 10.1 Å². The zero-order valence-electron chi connectivity index (χ0n) is 16.1. The maximum atomic E-state index is 13.4. The molecule has 1 aromatic rings. The van der Waals surface area contributed by atoms with Crippen LogP contribution < -0.4 is 5.32 Å². The maximum Gasteiger partial charge on any atom is 0.419 e. The molecule has 1 aliphatic carbocycles. The number of rotatable bonds is 4. The van der Waals surface area contributed by atoms with E-state index in [1.54, 1.807) is 13.8 Å². The second kappa shape index (κ2) is 7.89. The Bertz CT molecular complexity index is 705. The van der Waals surface area contributed by atoms with Crippen molar-refractivity contribution in [1.29, 1.82) is 0 Å². The van der Waals surface area contributed by atoms with Crippen molar-refractivity contribution in [1.82, 2.24) is 10.2 Å². The molecule has 1 aliphatic heterocycles. The zero-order chi connectivity index (χ0) is 20.5. The summed E-state index contributed by atoms with van der Waals surface area (Å²) < 4.78 is 57.1. The largest absolute Gasteiger partial charge is 0.447 e. The molecule has 1 amide bonds. The van der Waals surface area contributed by atoms with Crippen LogP contribution in [0.3, 0.4) is 0 Å². The Morgan fingerprint density at radius 2 is 1.93 bits per heavy atom. The first-order chi connectivity index (χ1) is 13.1. The summed E-state index contributed by atoms with van der Waals surface area (Å²) >= 11 is 0. The quantitative estimate of drug-likeness (QED) is 0.741. The molecule has 156 valence electrons. The third kappa shape index (κ3) is 4.96. The van der Waals surface area contributed by atoms with Crippen molar-refractivity contribution in [3.05, 3.63) is 35.1 Å². The SMILES string of the molecule is CC(C)OC(=O)NC1CC2(CCN(Cc3ccc(F)c(C(F)(F)F)c3)CC2)C1. The molecule has 0 unspecified atom stereocenters. The number of carbonyl (C=O) groups excluding carboxylic acids is 1. The van der Waals surface area contributed by atoms with Gasteiger partial charge in [0.15, 0.2) is 0 Å². The molecule has 1 spiro atoms. The summed E-state index contributed by atoms with van der Waals surface area (Å²) in [6, 6.07) is 3.34. The van der Waals surface area contributed by atoms with Crippen LogP contribution in [0.15, 0.2) is 18.2 Å². The molecule has 2 fully saturated rings. The standard InChI is InChI=1S/C20H26F4N2O2/c1-13(2)28-18(27)25-15-10-19(11-15)5-7-26(8-6-19)12-14-3-4-17(21)16(9-14)20(22,23)24/h3-4,9,13,15H,5-8,10-12H2,1-2H3,(H,25,27). The molecule has 4 nitrogen and oxygen atoms in total. The molecule has 1 N–H and O–H groups in total. The van der Waals surface area contributed by atoms with E-state index < -0.39 is 17.6 Å². The van der Waals surface area contributed by atoms with E-state index in [-0.39, 0.29) is 23.7 Å². The van der Waals surface area contributed by atoms with Crippen LogP contribution in [-0.2, 0) is 17.5 Å². The van der Waals surface area contributed by atoms with Crippen molar-refractivity contribution >= 4 is 6.09 Å². The van der Waals surface area contributed by atoms with Crippen LogP contribution in [0.25, 0.3) is 0 Å². The monoisotopic (exact) mass is 402 g/mol. The van der Waals surface area contributed by atoms with Gasteiger partial charge in [0.05, 0.1) is 11.7 Å². The molecule has 28 heavy (non-hydrogen) atoms. The predicted octanol–water partition coefficient (Wildman–Crippen LogP) is 4.72. The molecule has 3 rings (SSSR count). The van der Waals surface area contributed by atoms with Crippen molar-refractivity contribution in [2.75, 3.05) is 13.1 Å². The Morgan fingerprint density at radius 3 is 2.50 bits per heavy atom. The van der Waals surface area contributed by atoms with Gasteiger partial charge in [0.2, 0.25) is 0 Å². The van der Waals surface area contributed by atoms with Gasteiger partial charge in [-0.25, -0.2) is 9.18 Å². The van der Waals surface area contributed by atoms with Crippen molar-refractivity contribution in [2.45, 2.75) is 64.4 Å². The molecule has 0 bridgehead atoms. The minimum absolute atomic E-state index is 0.129. The molecule has 0 radical (unpaired) electrons. The number of amides is 1. The number of carbonyl (C=O) groups is 1. The predicted molar refractivity (Wildman–Crippen MR) is 96.1 cm³/mol. The molecular formula is C20H26F4N2O2. The number of ether oxygens (including phenoxy) is 1. The summed E-state index contributed by atoms with van der Waals surface area (Å²) in [5.74, 6) is -1.24. The second-order valence-corrected chi connectivity index (χ2v) is 8.29. The number of hydrogen-bond acceptors (Lipinski definition) is 3. The molecule has 1 aromatic carbocycles.